The summed E-state index contributed by atoms with van der Waals surface area (Å²) in [4.78, 5) is 3.33. The molecule has 0 saturated heterocycles. The second kappa shape index (κ2) is 5.75. The lowest BCUT2D eigenvalue weighted by Gasteiger charge is -2.34. The number of rotatable bonds is 5. The molecule has 0 amide bonds. The molecule has 0 spiro atoms. The first-order valence-electron chi connectivity index (χ1n) is 7.73. The van der Waals surface area contributed by atoms with Crippen molar-refractivity contribution in [1.82, 2.24) is 5.32 Å². The molecule has 1 nitrogen and oxygen atoms in total. The van der Waals surface area contributed by atoms with Gasteiger partial charge in [0.15, 0.2) is 0 Å². The van der Waals surface area contributed by atoms with Crippen LogP contribution in [-0.2, 0) is 12.8 Å². The first-order chi connectivity index (χ1) is 8.88. The zero-order chi connectivity index (χ0) is 12.4. The van der Waals surface area contributed by atoms with Gasteiger partial charge in [-0.05, 0) is 69.0 Å². The van der Waals surface area contributed by atoms with E-state index < -0.39 is 0 Å². The third kappa shape index (κ3) is 2.50. The normalized spacial score (nSPS) is 21.4. The summed E-state index contributed by atoms with van der Waals surface area (Å²) in [5, 5.41) is 3.81. The first kappa shape index (κ1) is 12.7. The van der Waals surface area contributed by atoms with Crippen molar-refractivity contribution in [3.05, 3.63) is 21.4 Å². The van der Waals surface area contributed by atoms with Crippen LogP contribution in [0.2, 0.25) is 0 Å². The van der Waals surface area contributed by atoms with Gasteiger partial charge in [0.25, 0.3) is 0 Å². The molecular formula is C16H25NS. The Morgan fingerprint density at radius 2 is 2.11 bits per heavy atom. The third-order valence-electron chi connectivity index (χ3n) is 4.56. The molecule has 3 rings (SSSR count). The van der Waals surface area contributed by atoms with E-state index in [9.17, 15) is 0 Å². The molecule has 2 aliphatic rings. The zero-order valence-electron chi connectivity index (χ0n) is 11.5. The van der Waals surface area contributed by atoms with Gasteiger partial charge >= 0.3 is 0 Å². The molecule has 1 unspecified atom stereocenters. The maximum atomic E-state index is 3.81. The van der Waals surface area contributed by atoms with Crippen molar-refractivity contribution in [2.75, 3.05) is 6.54 Å². The van der Waals surface area contributed by atoms with Gasteiger partial charge in [0.05, 0.1) is 0 Å². The smallest absolute Gasteiger partial charge is 0.0443 e. The highest BCUT2D eigenvalue weighted by Crippen LogP contribution is 2.42. The summed E-state index contributed by atoms with van der Waals surface area (Å²) in [6.45, 7) is 3.44. The molecule has 18 heavy (non-hydrogen) atoms. The summed E-state index contributed by atoms with van der Waals surface area (Å²) in [5.74, 6) is 0.914. The third-order valence-corrected chi connectivity index (χ3v) is 5.88. The average Bonchev–Trinajstić information content (AvgIpc) is 2.75. The van der Waals surface area contributed by atoms with Gasteiger partial charge in [0, 0.05) is 15.8 Å². The second-order valence-corrected chi connectivity index (χ2v) is 7.10. The van der Waals surface area contributed by atoms with Crippen LogP contribution in [0.4, 0.5) is 0 Å². The van der Waals surface area contributed by atoms with Crippen molar-refractivity contribution in [2.45, 2.75) is 64.3 Å². The van der Waals surface area contributed by atoms with E-state index in [1.165, 1.54) is 57.9 Å². The minimum atomic E-state index is 0.661. The Balaban J connectivity index is 1.77. The molecule has 0 bridgehead atoms. The lowest BCUT2D eigenvalue weighted by Crippen LogP contribution is -2.32. The molecule has 1 N–H and O–H groups in total. The summed E-state index contributed by atoms with van der Waals surface area (Å²) >= 11 is 2.11. The summed E-state index contributed by atoms with van der Waals surface area (Å²) < 4.78 is 0. The Kier molecular flexibility index (Phi) is 4.05. The number of thiophene rings is 1. The van der Waals surface area contributed by atoms with Crippen LogP contribution >= 0.6 is 11.3 Å². The van der Waals surface area contributed by atoms with E-state index in [0.717, 1.165) is 5.92 Å². The second-order valence-electron chi connectivity index (χ2n) is 5.93. The fraction of sp³-hybridized carbons (Fsp3) is 0.750. The van der Waals surface area contributed by atoms with E-state index in [0.29, 0.717) is 6.04 Å². The lowest BCUT2D eigenvalue weighted by atomic mass is 9.79. The van der Waals surface area contributed by atoms with E-state index in [1.807, 2.05) is 0 Å². The molecule has 2 heteroatoms. The van der Waals surface area contributed by atoms with Gasteiger partial charge in [-0.25, -0.2) is 0 Å². The number of fused-ring (bicyclic) bond motifs is 1. The Morgan fingerprint density at radius 1 is 1.28 bits per heavy atom. The molecule has 0 aromatic carbocycles. The van der Waals surface area contributed by atoms with Crippen LogP contribution in [0.5, 0.6) is 0 Å². The van der Waals surface area contributed by atoms with Crippen molar-refractivity contribution < 1.29 is 0 Å². The van der Waals surface area contributed by atoms with Gasteiger partial charge in [0.2, 0.25) is 0 Å². The number of aryl methyl sites for hydroxylation is 2. The van der Waals surface area contributed by atoms with Crippen LogP contribution < -0.4 is 5.32 Å². The lowest BCUT2D eigenvalue weighted by molar-refractivity contribution is 0.234. The predicted octanol–water partition coefficient (Wildman–Crippen LogP) is 4.47. The SMILES string of the molecule is CCCNC(c1cc2c(s1)CCCC2)C1CCC1. The number of hydrogen-bond acceptors (Lipinski definition) is 2. The monoisotopic (exact) mass is 263 g/mol. The van der Waals surface area contributed by atoms with Crippen molar-refractivity contribution in [2.24, 2.45) is 5.92 Å². The fourth-order valence-electron chi connectivity index (χ4n) is 3.24. The summed E-state index contributed by atoms with van der Waals surface area (Å²) in [7, 11) is 0. The summed E-state index contributed by atoms with van der Waals surface area (Å²) in [6, 6.07) is 3.19. The fourth-order valence-corrected chi connectivity index (χ4v) is 4.67. The Hall–Kier alpha value is -0.340. The Labute approximate surface area is 115 Å². The molecule has 2 aliphatic carbocycles. The highest BCUT2D eigenvalue weighted by molar-refractivity contribution is 7.12. The molecule has 1 fully saturated rings. The molecule has 1 saturated carbocycles. The Bertz CT molecular complexity index is 368. The summed E-state index contributed by atoms with van der Waals surface area (Å²) in [5.41, 5.74) is 1.67. The predicted molar refractivity (Wildman–Crippen MR) is 79.3 cm³/mol. The van der Waals surface area contributed by atoms with Gasteiger partial charge in [-0.3, -0.25) is 0 Å². The quantitative estimate of drug-likeness (QED) is 0.826. The van der Waals surface area contributed by atoms with Crippen molar-refractivity contribution in [1.29, 1.82) is 0 Å². The average molecular weight is 263 g/mol. The molecule has 1 heterocycles. The van der Waals surface area contributed by atoms with E-state index in [4.69, 9.17) is 0 Å². The van der Waals surface area contributed by atoms with E-state index in [-0.39, 0.29) is 0 Å². The van der Waals surface area contributed by atoms with Crippen LogP contribution in [0.3, 0.4) is 0 Å². The molecule has 100 valence electrons. The number of hydrogen-bond donors (Lipinski definition) is 1. The number of nitrogens with one attached hydrogen (secondary N) is 1. The summed E-state index contributed by atoms with van der Waals surface area (Å²) in [6.07, 6.45) is 11.0. The highest BCUT2D eigenvalue weighted by atomic mass is 32.1. The van der Waals surface area contributed by atoms with Crippen LogP contribution in [0, 0.1) is 5.92 Å². The van der Waals surface area contributed by atoms with E-state index >= 15 is 0 Å². The highest BCUT2D eigenvalue weighted by Gasteiger charge is 2.30. The van der Waals surface area contributed by atoms with Crippen LogP contribution in [0.25, 0.3) is 0 Å². The largest absolute Gasteiger partial charge is 0.309 e. The maximum absolute atomic E-state index is 3.81. The standard InChI is InChI=1S/C16H25NS/c1-2-10-17-16(12-7-5-8-12)15-11-13-6-3-4-9-14(13)18-15/h11-12,16-17H,2-10H2,1H3. The Morgan fingerprint density at radius 3 is 2.78 bits per heavy atom. The topological polar surface area (TPSA) is 12.0 Å². The van der Waals surface area contributed by atoms with E-state index in [1.54, 1.807) is 15.3 Å². The molecule has 1 aromatic heterocycles. The van der Waals surface area contributed by atoms with Gasteiger partial charge in [-0.15, -0.1) is 11.3 Å². The van der Waals surface area contributed by atoms with Crippen molar-refractivity contribution >= 4 is 11.3 Å². The van der Waals surface area contributed by atoms with Gasteiger partial charge < -0.3 is 5.32 Å². The minimum absolute atomic E-state index is 0.661. The molecule has 1 aromatic rings. The van der Waals surface area contributed by atoms with E-state index in [2.05, 4.69) is 29.6 Å². The molecular weight excluding hydrogens is 238 g/mol. The first-order valence-corrected chi connectivity index (χ1v) is 8.55. The van der Waals surface area contributed by atoms with Gasteiger partial charge in [0.1, 0.15) is 0 Å². The van der Waals surface area contributed by atoms with Gasteiger partial charge in [-0.2, -0.15) is 0 Å². The molecule has 0 radical (unpaired) electrons. The van der Waals surface area contributed by atoms with Crippen LogP contribution in [-0.4, -0.2) is 6.54 Å². The molecule has 0 aliphatic heterocycles. The minimum Gasteiger partial charge on any atom is -0.309 e. The van der Waals surface area contributed by atoms with Crippen LogP contribution in [0.15, 0.2) is 6.07 Å². The maximum Gasteiger partial charge on any atom is 0.0443 e. The zero-order valence-corrected chi connectivity index (χ0v) is 12.3. The van der Waals surface area contributed by atoms with Crippen molar-refractivity contribution in [3.63, 3.8) is 0 Å². The van der Waals surface area contributed by atoms with Crippen LogP contribution in [0.1, 0.15) is 66.8 Å². The molecule has 1 atom stereocenters. The van der Waals surface area contributed by atoms with Gasteiger partial charge in [-0.1, -0.05) is 13.3 Å². The van der Waals surface area contributed by atoms with Crippen molar-refractivity contribution in [3.8, 4) is 0 Å².